The molecule has 0 amide bonds. The smallest absolute Gasteiger partial charge is 0.338 e. The standard InChI is InChI=1S/C18H25NO4/c1-3-11-19-12-10-16(15(13-19)18(21)22-4-2)23-17(20)14-8-6-5-7-9-14/h5-9,15-16H,3-4,10-13H2,1-2H3/t15-,16-/m0/s1. The zero-order valence-electron chi connectivity index (χ0n) is 13.9. The summed E-state index contributed by atoms with van der Waals surface area (Å²) in [5.74, 6) is -1.07. The molecule has 0 bridgehead atoms. The van der Waals surface area contributed by atoms with Gasteiger partial charge in [-0.2, -0.15) is 0 Å². The summed E-state index contributed by atoms with van der Waals surface area (Å²) in [4.78, 5) is 26.7. The van der Waals surface area contributed by atoms with E-state index in [1.165, 1.54) is 0 Å². The monoisotopic (exact) mass is 319 g/mol. The van der Waals surface area contributed by atoms with Crippen LogP contribution in [0.15, 0.2) is 30.3 Å². The first-order chi connectivity index (χ1) is 11.2. The van der Waals surface area contributed by atoms with Crippen LogP contribution in [0.4, 0.5) is 0 Å². The van der Waals surface area contributed by atoms with Crippen molar-refractivity contribution in [1.29, 1.82) is 0 Å². The molecule has 5 nitrogen and oxygen atoms in total. The maximum atomic E-state index is 12.3. The SMILES string of the molecule is CCCN1CC[C@H](OC(=O)c2ccccc2)[C@@H](C(=O)OCC)C1. The summed E-state index contributed by atoms with van der Waals surface area (Å²) in [7, 11) is 0. The predicted octanol–water partition coefficient (Wildman–Crippen LogP) is 2.51. The zero-order chi connectivity index (χ0) is 16.7. The first-order valence-electron chi connectivity index (χ1n) is 8.30. The third-order valence-electron chi connectivity index (χ3n) is 4.03. The fraction of sp³-hybridized carbons (Fsp3) is 0.556. The molecule has 2 atom stereocenters. The minimum absolute atomic E-state index is 0.279. The first kappa shape index (κ1) is 17.5. The second kappa shape index (κ2) is 8.67. The molecule has 1 aromatic carbocycles. The number of benzene rings is 1. The van der Waals surface area contributed by atoms with E-state index >= 15 is 0 Å². The minimum Gasteiger partial charge on any atom is -0.466 e. The summed E-state index contributed by atoms with van der Waals surface area (Å²) in [5.41, 5.74) is 0.506. The third kappa shape index (κ3) is 4.79. The van der Waals surface area contributed by atoms with Crippen LogP contribution >= 0.6 is 0 Å². The van der Waals surface area contributed by atoms with E-state index in [0.717, 1.165) is 19.5 Å². The number of piperidine rings is 1. The predicted molar refractivity (Wildman–Crippen MR) is 87.1 cm³/mol. The molecule has 1 aromatic rings. The Labute approximate surface area is 137 Å². The normalized spacial score (nSPS) is 21.7. The molecule has 1 fully saturated rings. The van der Waals surface area contributed by atoms with Gasteiger partial charge in [-0.05, 0) is 38.4 Å². The molecule has 0 unspecified atom stereocenters. The van der Waals surface area contributed by atoms with Gasteiger partial charge in [0.15, 0.2) is 0 Å². The third-order valence-corrected chi connectivity index (χ3v) is 4.03. The molecule has 23 heavy (non-hydrogen) atoms. The van der Waals surface area contributed by atoms with Crippen molar-refractivity contribution in [2.75, 3.05) is 26.2 Å². The molecule has 126 valence electrons. The average Bonchev–Trinajstić information content (AvgIpc) is 2.57. The fourth-order valence-corrected chi connectivity index (χ4v) is 2.91. The van der Waals surface area contributed by atoms with Gasteiger partial charge in [-0.1, -0.05) is 25.1 Å². The number of nitrogens with zero attached hydrogens (tertiary/aromatic N) is 1. The Balaban J connectivity index is 2.05. The van der Waals surface area contributed by atoms with Gasteiger partial charge in [-0.3, -0.25) is 4.79 Å². The Bertz CT molecular complexity index is 517. The largest absolute Gasteiger partial charge is 0.466 e. The molecule has 5 heteroatoms. The van der Waals surface area contributed by atoms with E-state index < -0.39 is 12.0 Å². The molecule has 1 aliphatic rings. The van der Waals surface area contributed by atoms with Crippen molar-refractivity contribution < 1.29 is 19.1 Å². The number of carbonyl (C=O) groups is 2. The van der Waals surface area contributed by atoms with Gasteiger partial charge in [0, 0.05) is 13.1 Å². The van der Waals surface area contributed by atoms with Crippen LogP contribution in [-0.2, 0) is 14.3 Å². The van der Waals surface area contributed by atoms with Crippen LogP contribution < -0.4 is 0 Å². The number of hydrogen-bond acceptors (Lipinski definition) is 5. The molecule has 0 spiro atoms. The lowest BCUT2D eigenvalue weighted by Crippen LogP contribution is -2.48. The van der Waals surface area contributed by atoms with Crippen molar-refractivity contribution in [3.63, 3.8) is 0 Å². The highest BCUT2D eigenvalue weighted by atomic mass is 16.6. The molecule has 0 aliphatic carbocycles. The van der Waals surface area contributed by atoms with Crippen LogP contribution in [0.3, 0.4) is 0 Å². The number of rotatable bonds is 6. The quantitative estimate of drug-likeness (QED) is 0.754. The lowest BCUT2D eigenvalue weighted by molar-refractivity contribution is -0.155. The second-order valence-corrected chi connectivity index (χ2v) is 5.76. The maximum Gasteiger partial charge on any atom is 0.338 e. The summed E-state index contributed by atoms with van der Waals surface area (Å²) in [6.07, 6.45) is 1.27. The maximum absolute atomic E-state index is 12.3. The molecule has 1 saturated heterocycles. The van der Waals surface area contributed by atoms with Gasteiger partial charge in [-0.15, -0.1) is 0 Å². The summed E-state index contributed by atoms with van der Waals surface area (Å²) in [6.45, 7) is 6.59. The zero-order valence-corrected chi connectivity index (χ0v) is 13.9. The topological polar surface area (TPSA) is 55.8 Å². The Morgan fingerprint density at radius 3 is 2.61 bits per heavy atom. The van der Waals surface area contributed by atoms with Crippen LogP contribution in [0.1, 0.15) is 37.0 Å². The molecule has 0 saturated carbocycles. The number of hydrogen-bond donors (Lipinski definition) is 0. The van der Waals surface area contributed by atoms with E-state index in [2.05, 4.69) is 11.8 Å². The Hall–Kier alpha value is -1.88. The number of esters is 2. The molecular formula is C18H25NO4. The Morgan fingerprint density at radius 1 is 1.22 bits per heavy atom. The van der Waals surface area contributed by atoms with Gasteiger partial charge in [0.1, 0.15) is 12.0 Å². The fourth-order valence-electron chi connectivity index (χ4n) is 2.91. The molecule has 0 aromatic heterocycles. The summed E-state index contributed by atoms with van der Waals surface area (Å²) >= 11 is 0. The van der Waals surface area contributed by atoms with Crippen LogP contribution in [0, 0.1) is 5.92 Å². The molecular weight excluding hydrogens is 294 g/mol. The van der Waals surface area contributed by atoms with Gasteiger partial charge in [0.2, 0.25) is 0 Å². The molecule has 1 heterocycles. The van der Waals surface area contributed by atoms with Crippen molar-refractivity contribution in [1.82, 2.24) is 4.90 Å². The van der Waals surface area contributed by atoms with Crippen LogP contribution in [0.25, 0.3) is 0 Å². The minimum atomic E-state index is -0.421. The van der Waals surface area contributed by atoms with Gasteiger partial charge in [0.05, 0.1) is 12.2 Å². The van der Waals surface area contributed by atoms with E-state index in [1.54, 1.807) is 31.2 Å². The van der Waals surface area contributed by atoms with Crippen LogP contribution in [0.5, 0.6) is 0 Å². The highest BCUT2D eigenvalue weighted by molar-refractivity contribution is 5.89. The number of ether oxygens (including phenoxy) is 2. The van der Waals surface area contributed by atoms with Crippen LogP contribution in [-0.4, -0.2) is 49.2 Å². The van der Waals surface area contributed by atoms with Gasteiger partial charge >= 0.3 is 11.9 Å². The Morgan fingerprint density at radius 2 is 1.96 bits per heavy atom. The van der Waals surface area contributed by atoms with Gasteiger partial charge in [-0.25, -0.2) is 4.79 Å². The van der Waals surface area contributed by atoms with Crippen molar-refractivity contribution in [2.24, 2.45) is 5.92 Å². The molecule has 0 radical (unpaired) electrons. The average molecular weight is 319 g/mol. The number of likely N-dealkylation sites (tertiary alicyclic amines) is 1. The first-order valence-corrected chi connectivity index (χ1v) is 8.30. The van der Waals surface area contributed by atoms with Gasteiger partial charge in [0.25, 0.3) is 0 Å². The van der Waals surface area contributed by atoms with Crippen molar-refractivity contribution in [3.8, 4) is 0 Å². The van der Waals surface area contributed by atoms with Crippen molar-refractivity contribution >= 4 is 11.9 Å². The van der Waals surface area contributed by atoms with E-state index in [1.807, 2.05) is 6.07 Å². The van der Waals surface area contributed by atoms with E-state index in [4.69, 9.17) is 9.47 Å². The molecule has 2 rings (SSSR count). The molecule has 0 N–H and O–H groups in total. The summed E-state index contributed by atoms with van der Waals surface area (Å²) in [5, 5.41) is 0. The van der Waals surface area contributed by atoms with Crippen molar-refractivity contribution in [3.05, 3.63) is 35.9 Å². The van der Waals surface area contributed by atoms with E-state index in [-0.39, 0.29) is 11.9 Å². The van der Waals surface area contributed by atoms with E-state index in [0.29, 0.717) is 25.1 Å². The van der Waals surface area contributed by atoms with Crippen LogP contribution in [0.2, 0.25) is 0 Å². The second-order valence-electron chi connectivity index (χ2n) is 5.76. The lowest BCUT2D eigenvalue weighted by Gasteiger charge is -2.36. The van der Waals surface area contributed by atoms with Crippen molar-refractivity contribution in [2.45, 2.75) is 32.8 Å². The summed E-state index contributed by atoms with van der Waals surface area (Å²) < 4.78 is 10.8. The summed E-state index contributed by atoms with van der Waals surface area (Å²) in [6, 6.07) is 8.87. The van der Waals surface area contributed by atoms with Gasteiger partial charge < -0.3 is 14.4 Å². The lowest BCUT2D eigenvalue weighted by atomic mass is 9.94. The molecule has 1 aliphatic heterocycles. The highest BCUT2D eigenvalue weighted by Crippen LogP contribution is 2.23. The van der Waals surface area contributed by atoms with E-state index in [9.17, 15) is 9.59 Å². The Kier molecular flexibility index (Phi) is 6.59. The number of carbonyl (C=O) groups excluding carboxylic acids is 2. The highest BCUT2D eigenvalue weighted by Gasteiger charge is 2.37.